The molecule has 0 unspecified atom stereocenters. The number of nitrogen functional groups attached to an aromatic ring is 1. The average molecular weight is 316 g/mol. The Morgan fingerprint density at radius 3 is 2.57 bits per heavy atom. The molecule has 4 nitrogen and oxygen atoms in total. The van der Waals surface area contributed by atoms with Crippen LogP contribution in [0.2, 0.25) is 0 Å². The van der Waals surface area contributed by atoms with Crippen molar-refractivity contribution in [2.75, 3.05) is 12.0 Å². The largest absolute Gasteiger partial charge is 0.368 e. The number of thioether (sulfide) groups is 1. The molecule has 0 atom stereocenters. The molecular weight excluding hydrogens is 300 g/mol. The van der Waals surface area contributed by atoms with Crippen LogP contribution in [0.25, 0.3) is 10.3 Å². The lowest BCUT2D eigenvalue weighted by Crippen LogP contribution is -1.95. The molecule has 3 aromatic rings. The van der Waals surface area contributed by atoms with Crippen LogP contribution in [0.3, 0.4) is 0 Å². The second kappa shape index (κ2) is 5.99. The van der Waals surface area contributed by atoms with E-state index in [1.54, 1.807) is 23.1 Å². The molecule has 3 rings (SSSR count). The number of nitrogens with two attached hydrogens (primary N) is 1. The van der Waals surface area contributed by atoms with Gasteiger partial charge in [-0.05, 0) is 25.2 Å². The van der Waals surface area contributed by atoms with E-state index in [2.05, 4.69) is 46.1 Å². The summed E-state index contributed by atoms with van der Waals surface area (Å²) < 4.78 is 0. The number of aromatic nitrogens is 3. The quantitative estimate of drug-likeness (QED) is 0.589. The number of hydrogen-bond acceptors (Lipinski definition) is 6. The van der Waals surface area contributed by atoms with Crippen molar-refractivity contribution >= 4 is 39.4 Å². The van der Waals surface area contributed by atoms with E-state index in [-0.39, 0.29) is 0 Å². The van der Waals surface area contributed by atoms with E-state index in [1.165, 1.54) is 11.1 Å². The normalized spacial score (nSPS) is 11.1. The summed E-state index contributed by atoms with van der Waals surface area (Å²) in [6.07, 6.45) is 3.88. The first-order chi connectivity index (χ1) is 10.2. The lowest BCUT2D eigenvalue weighted by molar-refractivity contribution is 0.945. The highest BCUT2D eigenvalue weighted by atomic mass is 32.2. The van der Waals surface area contributed by atoms with Gasteiger partial charge >= 0.3 is 0 Å². The van der Waals surface area contributed by atoms with Crippen molar-refractivity contribution in [1.29, 1.82) is 0 Å². The maximum absolute atomic E-state index is 5.73. The molecule has 0 aliphatic carbocycles. The molecule has 0 aliphatic rings. The van der Waals surface area contributed by atoms with Crippen LogP contribution >= 0.6 is 23.1 Å². The van der Waals surface area contributed by atoms with Crippen LogP contribution in [0.1, 0.15) is 16.1 Å². The van der Waals surface area contributed by atoms with E-state index in [0.717, 1.165) is 33.2 Å². The van der Waals surface area contributed by atoms with Gasteiger partial charge in [-0.3, -0.25) is 0 Å². The molecule has 0 radical (unpaired) electrons. The molecule has 0 saturated heterocycles. The van der Waals surface area contributed by atoms with Crippen molar-refractivity contribution in [3.63, 3.8) is 0 Å². The molecule has 2 N–H and O–H groups in total. The third-order valence-corrected chi connectivity index (χ3v) is 4.91. The van der Waals surface area contributed by atoms with E-state index < -0.39 is 0 Å². The van der Waals surface area contributed by atoms with Gasteiger partial charge < -0.3 is 5.73 Å². The van der Waals surface area contributed by atoms with Crippen LogP contribution in [0.4, 0.5) is 5.95 Å². The average Bonchev–Trinajstić information content (AvgIpc) is 2.88. The molecule has 21 heavy (non-hydrogen) atoms. The predicted molar refractivity (Wildman–Crippen MR) is 90.0 cm³/mol. The van der Waals surface area contributed by atoms with E-state index in [4.69, 9.17) is 5.73 Å². The Morgan fingerprint density at radius 1 is 1.10 bits per heavy atom. The van der Waals surface area contributed by atoms with Gasteiger partial charge in [0, 0.05) is 6.42 Å². The molecule has 0 amide bonds. The van der Waals surface area contributed by atoms with Crippen LogP contribution in [0.15, 0.2) is 29.3 Å². The summed E-state index contributed by atoms with van der Waals surface area (Å²) in [6, 6.07) is 8.64. The van der Waals surface area contributed by atoms with Gasteiger partial charge in [0.1, 0.15) is 15.4 Å². The lowest BCUT2D eigenvalue weighted by atomic mass is 10.1. The van der Waals surface area contributed by atoms with Crippen LogP contribution in [-0.4, -0.2) is 21.2 Å². The Morgan fingerprint density at radius 2 is 1.86 bits per heavy atom. The summed E-state index contributed by atoms with van der Waals surface area (Å²) in [5, 5.41) is 1.94. The molecule has 2 heterocycles. The zero-order valence-corrected chi connectivity index (χ0v) is 13.6. The highest BCUT2D eigenvalue weighted by molar-refractivity contribution is 7.98. The third-order valence-electron chi connectivity index (χ3n) is 3.23. The first-order valence-corrected chi connectivity index (χ1v) is 8.72. The molecule has 0 spiro atoms. The van der Waals surface area contributed by atoms with E-state index in [9.17, 15) is 0 Å². The Bertz CT molecular complexity index is 765. The summed E-state index contributed by atoms with van der Waals surface area (Å²) in [5.41, 5.74) is 9.22. The van der Waals surface area contributed by atoms with E-state index in [1.807, 2.05) is 6.26 Å². The lowest BCUT2D eigenvalue weighted by Gasteiger charge is -1.99. The monoisotopic (exact) mass is 316 g/mol. The number of thiazole rings is 1. The Kier molecular flexibility index (Phi) is 4.07. The molecule has 108 valence electrons. The summed E-state index contributed by atoms with van der Waals surface area (Å²) >= 11 is 3.16. The number of aryl methyl sites for hydroxylation is 3. The molecule has 6 heteroatoms. The minimum absolute atomic E-state index is 0.320. The SMILES string of the molecule is CSc1nc(N)nc2sc(CCc3ccc(C)cc3)nc12. The highest BCUT2D eigenvalue weighted by Crippen LogP contribution is 2.28. The zero-order chi connectivity index (χ0) is 14.8. The number of benzene rings is 1. The molecule has 0 saturated carbocycles. The van der Waals surface area contributed by atoms with Gasteiger partial charge in [-0.25, -0.2) is 15.0 Å². The minimum atomic E-state index is 0.320. The van der Waals surface area contributed by atoms with Gasteiger partial charge in [0.2, 0.25) is 5.95 Å². The van der Waals surface area contributed by atoms with Crippen LogP contribution in [0.5, 0.6) is 0 Å². The molecule has 0 fully saturated rings. The van der Waals surface area contributed by atoms with Crippen molar-refractivity contribution in [3.8, 4) is 0 Å². The van der Waals surface area contributed by atoms with Crippen molar-refractivity contribution in [2.24, 2.45) is 0 Å². The maximum Gasteiger partial charge on any atom is 0.222 e. The van der Waals surface area contributed by atoms with Gasteiger partial charge in [-0.15, -0.1) is 11.8 Å². The fraction of sp³-hybridized carbons (Fsp3) is 0.267. The standard InChI is InChI=1S/C15H16N4S2/c1-9-3-5-10(6-4-9)7-8-11-17-12-13(20-2)18-15(16)19-14(12)21-11/h3-6H,7-8H2,1-2H3,(H2,16,18,19). The summed E-state index contributed by atoms with van der Waals surface area (Å²) in [6.45, 7) is 2.10. The summed E-state index contributed by atoms with van der Waals surface area (Å²) in [7, 11) is 0. The first-order valence-electron chi connectivity index (χ1n) is 6.68. The van der Waals surface area contributed by atoms with Gasteiger partial charge in [0.15, 0.2) is 0 Å². The van der Waals surface area contributed by atoms with E-state index >= 15 is 0 Å². The van der Waals surface area contributed by atoms with E-state index in [0.29, 0.717) is 5.95 Å². The van der Waals surface area contributed by atoms with Crippen LogP contribution in [-0.2, 0) is 12.8 Å². The van der Waals surface area contributed by atoms with Crippen LogP contribution < -0.4 is 5.73 Å². The Hall–Kier alpha value is -1.66. The summed E-state index contributed by atoms with van der Waals surface area (Å²) in [5.74, 6) is 0.320. The molecular formula is C15H16N4S2. The Labute approximate surface area is 131 Å². The van der Waals surface area contributed by atoms with Gasteiger partial charge in [0.25, 0.3) is 0 Å². The predicted octanol–water partition coefficient (Wildman–Crippen LogP) is 3.48. The third kappa shape index (κ3) is 3.16. The molecule has 1 aromatic carbocycles. The number of anilines is 1. The minimum Gasteiger partial charge on any atom is -0.368 e. The van der Waals surface area contributed by atoms with Crippen LogP contribution in [0, 0.1) is 6.92 Å². The maximum atomic E-state index is 5.73. The van der Waals surface area contributed by atoms with Crippen molar-refractivity contribution < 1.29 is 0 Å². The van der Waals surface area contributed by atoms with Crippen molar-refractivity contribution in [2.45, 2.75) is 24.8 Å². The zero-order valence-electron chi connectivity index (χ0n) is 12.0. The van der Waals surface area contributed by atoms with Gasteiger partial charge in [-0.2, -0.15) is 0 Å². The molecule has 2 aromatic heterocycles. The molecule has 0 aliphatic heterocycles. The van der Waals surface area contributed by atoms with Crippen molar-refractivity contribution in [3.05, 3.63) is 40.4 Å². The Balaban J connectivity index is 1.83. The first kappa shape index (κ1) is 14.3. The van der Waals surface area contributed by atoms with Gasteiger partial charge in [-0.1, -0.05) is 41.2 Å². The highest BCUT2D eigenvalue weighted by Gasteiger charge is 2.11. The fourth-order valence-electron chi connectivity index (χ4n) is 2.11. The fourth-order valence-corrected chi connectivity index (χ4v) is 3.64. The second-order valence-corrected chi connectivity index (χ2v) is 6.70. The summed E-state index contributed by atoms with van der Waals surface area (Å²) in [4.78, 5) is 14.1. The number of rotatable bonds is 4. The number of nitrogens with zero attached hydrogens (tertiary/aromatic N) is 3. The number of hydrogen-bond donors (Lipinski definition) is 1. The van der Waals surface area contributed by atoms with Crippen molar-refractivity contribution in [1.82, 2.24) is 15.0 Å². The second-order valence-electron chi connectivity index (χ2n) is 4.84. The van der Waals surface area contributed by atoms with Gasteiger partial charge in [0.05, 0.1) is 5.01 Å². The molecule has 0 bridgehead atoms. The smallest absolute Gasteiger partial charge is 0.222 e. The topological polar surface area (TPSA) is 64.7 Å². The number of fused-ring (bicyclic) bond motifs is 1.